The molecule has 1 heterocycles. The van der Waals surface area contributed by atoms with Crippen LogP contribution in [0.4, 0.5) is 0 Å². The number of rotatable bonds is 4. The molecule has 0 aromatic heterocycles. The number of likely N-dealkylation sites (tertiary alicyclic amines) is 1. The van der Waals surface area contributed by atoms with Gasteiger partial charge in [-0.05, 0) is 49.9 Å². The molecule has 0 unspecified atom stereocenters. The van der Waals surface area contributed by atoms with Crippen molar-refractivity contribution in [1.29, 1.82) is 0 Å². The minimum absolute atomic E-state index is 0.0192. The zero-order valence-corrected chi connectivity index (χ0v) is 14.6. The second-order valence-corrected chi connectivity index (χ2v) is 6.39. The second-order valence-electron chi connectivity index (χ2n) is 6.02. The molecule has 1 aliphatic heterocycles. The summed E-state index contributed by atoms with van der Waals surface area (Å²) in [5.41, 5.74) is 1.87. The Balaban J connectivity index is 1.83. The van der Waals surface area contributed by atoms with Gasteiger partial charge in [0.2, 0.25) is 5.91 Å². The van der Waals surface area contributed by atoms with Gasteiger partial charge in [0.1, 0.15) is 5.75 Å². The predicted octanol–water partition coefficient (Wildman–Crippen LogP) is 2.46. The van der Waals surface area contributed by atoms with E-state index >= 15 is 0 Å². The van der Waals surface area contributed by atoms with E-state index in [4.69, 9.17) is 16.3 Å². The van der Waals surface area contributed by atoms with Crippen molar-refractivity contribution < 1.29 is 14.3 Å². The van der Waals surface area contributed by atoms with Gasteiger partial charge in [-0.25, -0.2) is 0 Å². The first-order valence-electron chi connectivity index (χ1n) is 7.81. The summed E-state index contributed by atoms with van der Waals surface area (Å²) in [6.07, 6.45) is 1.56. The lowest BCUT2D eigenvalue weighted by Crippen LogP contribution is -2.47. The maximum absolute atomic E-state index is 12.2. The van der Waals surface area contributed by atoms with Crippen molar-refractivity contribution in [3.8, 4) is 5.75 Å². The van der Waals surface area contributed by atoms with Crippen molar-refractivity contribution in [2.45, 2.75) is 39.7 Å². The molecule has 2 rings (SSSR count). The Morgan fingerprint density at radius 3 is 2.35 bits per heavy atom. The summed E-state index contributed by atoms with van der Waals surface area (Å²) in [7, 11) is 0. The quantitative estimate of drug-likeness (QED) is 0.917. The van der Waals surface area contributed by atoms with Gasteiger partial charge in [-0.15, -0.1) is 0 Å². The van der Waals surface area contributed by atoms with Crippen LogP contribution >= 0.6 is 11.6 Å². The summed E-state index contributed by atoms with van der Waals surface area (Å²) in [5, 5.41) is 3.62. The Hall–Kier alpha value is -1.75. The molecule has 1 aromatic rings. The number of carbonyl (C=O) groups excluding carboxylic acids is 2. The van der Waals surface area contributed by atoms with E-state index in [0.717, 1.165) is 29.0 Å². The number of carbonyl (C=O) groups is 2. The summed E-state index contributed by atoms with van der Waals surface area (Å²) >= 11 is 6.12. The first kappa shape index (κ1) is 17.6. The second kappa shape index (κ2) is 7.68. The van der Waals surface area contributed by atoms with Crippen LogP contribution in [0.15, 0.2) is 12.1 Å². The predicted molar refractivity (Wildman–Crippen MR) is 89.8 cm³/mol. The lowest BCUT2D eigenvalue weighted by atomic mass is 10.1. The van der Waals surface area contributed by atoms with Crippen LogP contribution in [0.2, 0.25) is 5.02 Å². The topological polar surface area (TPSA) is 58.6 Å². The smallest absolute Gasteiger partial charge is 0.260 e. The van der Waals surface area contributed by atoms with E-state index in [2.05, 4.69) is 5.32 Å². The van der Waals surface area contributed by atoms with Crippen molar-refractivity contribution in [3.05, 3.63) is 28.3 Å². The minimum atomic E-state index is -0.0310. The molecule has 23 heavy (non-hydrogen) atoms. The van der Waals surface area contributed by atoms with Gasteiger partial charge in [0.15, 0.2) is 6.61 Å². The molecule has 6 heteroatoms. The normalized spacial score (nSPS) is 15.4. The fraction of sp³-hybridized carbons (Fsp3) is 0.529. The fourth-order valence-corrected chi connectivity index (χ4v) is 2.90. The Kier molecular flexibility index (Phi) is 5.88. The molecule has 2 amide bonds. The molecule has 0 saturated carbocycles. The lowest BCUT2D eigenvalue weighted by molar-refractivity contribution is -0.134. The largest absolute Gasteiger partial charge is 0.484 e. The molecule has 1 fully saturated rings. The highest BCUT2D eigenvalue weighted by Gasteiger charge is 2.23. The third-order valence-electron chi connectivity index (χ3n) is 4.03. The van der Waals surface area contributed by atoms with Gasteiger partial charge < -0.3 is 15.0 Å². The maximum atomic E-state index is 12.2. The summed E-state index contributed by atoms with van der Waals surface area (Å²) in [4.78, 5) is 25.1. The fourth-order valence-electron chi connectivity index (χ4n) is 2.79. The molecule has 126 valence electrons. The SMILES string of the molecule is CC(=O)NC1CCN(C(=O)COc2cc(C)c(Cl)c(C)c2)CC1. The van der Waals surface area contributed by atoms with Crippen molar-refractivity contribution >= 4 is 23.4 Å². The average molecular weight is 339 g/mol. The Bertz CT molecular complexity index is 572. The van der Waals surface area contributed by atoms with Gasteiger partial charge in [-0.2, -0.15) is 0 Å². The molecule has 0 atom stereocenters. The molecule has 1 saturated heterocycles. The average Bonchev–Trinajstić information content (AvgIpc) is 2.50. The van der Waals surface area contributed by atoms with E-state index in [0.29, 0.717) is 18.8 Å². The van der Waals surface area contributed by atoms with Gasteiger partial charge in [-0.1, -0.05) is 11.6 Å². The molecule has 0 bridgehead atoms. The first-order chi connectivity index (χ1) is 10.9. The van der Waals surface area contributed by atoms with Crippen LogP contribution in [0, 0.1) is 13.8 Å². The number of aryl methyl sites for hydroxylation is 2. The van der Waals surface area contributed by atoms with Crippen molar-refractivity contribution in [1.82, 2.24) is 10.2 Å². The van der Waals surface area contributed by atoms with Gasteiger partial charge in [-0.3, -0.25) is 9.59 Å². The maximum Gasteiger partial charge on any atom is 0.260 e. The molecule has 0 aliphatic carbocycles. The Morgan fingerprint density at radius 1 is 1.26 bits per heavy atom. The van der Waals surface area contributed by atoms with Crippen molar-refractivity contribution in [2.75, 3.05) is 19.7 Å². The van der Waals surface area contributed by atoms with Crippen LogP contribution in [0.5, 0.6) is 5.75 Å². The van der Waals surface area contributed by atoms with Gasteiger partial charge in [0.25, 0.3) is 5.91 Å². The number of amides is 2. The zero-order chi connectivity index (χ0) is 17.0. The molecular weight excluding hydrogens is 316 g/mol. The lowest BCUT2D eigenvalue weighted by Gasteiger charge is -2.32. The van der Waals surface area contributed by atoms with Crippen LogP contribution in [-0.4, -0.2) is 42.5 Å². The van der Waals surface area contributed by atoms with Crippen LogP contribution in [-0.2, 0) is 9.59 Å². The third kappa shape index (κ3) is 4.86. The molecule has 0 radical (unpaired) electrons. The standard InChI is InChI=1S/C17H23ClN2O3/c1-11-8-15(9-12(2)17(11)18)23-10-16(22)20-6-4-14(5-7-20)19-13(3)21/h8-9,14H,4-7,10H2,1-3H3,(H,19,21). The highest BCUT2D eigenvalue weighted by atomic mass is 35.5. The third-order valence-corrected chi connectivity index (χ3v) is 4.62. The van der Waals surface area contributed by atoms with E-state index < -0.39 is 0 Å². The zero-order valence-electron chi connectivity index (χ0n) is 13.8. The van der Waals surface area contributed by atoms with Crippen LogP contribution in [0.25, 0.3) is 0 Å². The van der Waals surface area contributed by atoms with Crippen LogP contribution in [0.1, 0.15) is 30.9 Å². The number of hydrogen-bond donors (Lipinski definition) is 1. The molecular formula is C17H23ClN2O3. The van der Waals surface area contributed by atoms with Gasteiger partial charge in [0, 0.05) is 31.1 Å². The summed E-state index contributed by atoms with van der Waals surface area (Å²) in [5.74, 6) is 0.606. The van der Waals surface area contributed by atoms with E-state index in [1.54, 1.807) is 4.90 Å². The Morgan fingerprint density at radius 2 is 1.83 bits per heavy atom. The number of nitrogens with one attached hydrogen (secondary N) is 1. The molecule has 5 nitrogen and oxygen atoms in total. The monoisotopic (exact) mass is 338 g/mol. The van der Waals surface area contributed by atoms with Crippen molar-refractivity contribution in [2.24, 2.45) is 0 Å². The number of halogens is 1. The highest BCUT2D eigenvalue weighted by Crippen LogP contribution is 2.25. The number of nitrogens with zero attached hydrogens (tertiary/aromatic N) is 1. The number of benzene rings is 1. The molecule has 1 N–H and O–H groups in total. The minimum Gasteiger partial charge on any atom is -0.484 e. The number of hydrogen-bond acceptors (Lipinski definition) is 3. The molecule has 1 aliphatic rings. The summed E-state index contributed by atoms with van der Waals surface area (Å²) < 4.78 is 5.61. The Labute approximate surface area is 141 Å². The summed E-state index contributed by atoms with van der Waals surface area (Å²) in [6, 6.07) is 3.84. The first-order valence-corrected chi connectivity index (χ1v) is 8.19. The van der Waals surface area contributed by atoms with E-state index in [1.165, 1.54) is 6.92 Å². The van der Waals surface area contributed by atoms with Crippen molar-refractivity contribution in [3.63, 3.8) is 0 Å². The number of ether oxygens (including phenoxy) is 1. The van der Waals surface area contributed by atoms with E-state index in [9.17, 15) is 9.59 Å². The van der Waals surface area contributed by atoms with E-state index in [-0.39, 0.29) is 24.5 Å². The number of piperidine rings is 1. The molecule has 0 spiro atoms. The van der Waals surface area contributed by atoms with E-state index in [1.807, 2.05) is 26.0 Å². The van der Waals surface area contributed by atoms with Crippen LogP contribution in [0.3, 0.4) is 0 Å². The van der Waals surface area contributed by atoms with Gasteiger partial charge in [0.05, 0.1) is 0 Å². The van der Waals surface area contributed by atoms with Crippen LogP contribution < -0.4 is 10.1 Å². The summed E-state index contributed by atoms with van der Waals surface area (Å²) in [6.45, 7) is 6.65. The molecule has 1 aromatic carbocycles. The van der Waals surface area contributed by atoms with Gasteiger partial charge >= 0.3 is 0 Å². The highest BCUT2D eigenvalue weighted by molar-refractivity contribution is 6.32.